The van der Waals surface area contributed by atoms with Gasteiger partial charge in [0.1, 0.15) is 0 Å². The van der Waals surface area contributed by atoms with Crippen LogP contribution in [0.1, 0.15) is 38.3 Å². The highest BCUT2D eigenvalue weighted by Crippen LogP contribution is 2.25. The molecule has 2 heterocycles. The predicted molar refractivity (Wildman–Crippen MR) is 81.9 cm³/mol. The fourth-order valence-corrected chi connectivity index (χ4v) is 3.24. The Hall–Kier alpha value is -1.16. The average molecular weight is 274 g/mol. The lowest BCUT2D eigenvalue weighted by Crippen LogP contribution is -2.52. The summed E-state index contributed by atoms with van der Waals surface area (Å²) >= 11 is 0. The van der Waals surface area contributed by atoms with Gasteiger partial charge in [-0.1, -0.05) is 6.92 Å². The van der Waals surface area contributed by atoms with Crippen LogP contribution in [-0.2, 0) is 0 Å². The fraction of sp³-hybridized carbons (Fsp3) is 0.750. The first-order chi connectivity index (χ1) is 9.70. The number of nitrogens with zero attached hydrogens (tertiary/aromatic N) is 3. The van der Waals surface area contributed by atoms with E-state index in [4.69, 9.17) is 0 Å². The van der Waals surface area contributed by atoms with Gasteiger partial charge in [0, 0.05) is 31.6 Å². The van der Waals surface area contributed by atoms with Gasteiger partial charge in [0.05, 0.1) is 5.69 Å². The van der Waals surface area contributed by atoms with Gasteiger partial charge < -0.3 is 10.2 Å². The fourth-order valence-electron chi connectivity index (χ4n) is 3.24. The molecule has 1 saturated heterocycles. The molecule has 1 aromatic rings. The Labute approximate surface area is 122 Å². The zero-order valence-corrected chi connectivity index (χ0v) is 12.7. The Balaban J connectivity index is 1.37. The molecule has 1 aromatic heterocycles. The van der Waals surface area contributed by atoms with E-state index in [-0.39, 0.29) is 0 Å². The van der Waals surface area contributed by atoms with Gasteiger partial charge in [0.2, 0.25) is 0 Å². The van der Waals surface area contributed by atoms with Crippen LogP contribution in [0.3, 0.4) is 0 Å². The van der Waals surface area contributed by atoms with Gasteiger partial charge in [-0.25, -0.2) is 0 Å². The highest BCUT2D eigenvalue weighted by atomic mass is 15.3. The molecule has 0 amide bonds. The molecule has 0 radical (unpaired) electrons. The van der Waals surface area contributed by atoms with Gasteiger partial charge in [-0.2, -0.15) is 5.10 Å². The summed E-state index contributed by atoms with van der Waals surface area (Å²) < 4.78 is 0. The van der Waals surface area contributed by atoms with E-state index in [0.29, 0.717) is 0 Å². The highest BCUT2D eigenvalue weighted by Gasteiger charge is 2.28. The number of rotatable bonds is 4. The van der Waals surface area contributed by atoms with Crippen molar-refractivity contribution in [2.75, 3.05) is 24.5 Å². The number of aryl methyl sites for hydroxylation is 1. The molecule has 0 aromatic carbocycles. The van der Waals surface area contributed by atoms with Gasteiger partial charge in [-0.3, -0.25) is 0 Å². The molecule has 4 heteroatoms. The van der Waals surface area contributed by atoms with E-state index in [1.165, 1.54) is 25.7 Å². The lowest BCUT2D eigenvalue weighted by Gasteiger charge is -2.41. The first-order valence-electron chi connectivity index (χ1n) is 7.99. The average Bonchev–Trinajstić information content (AvgIpc) is 2.41. The number of aromatic nitrogens is 2. The van der Waals surface area contributed by atoms with Crippen molar-refractivity contribution in [1.29, 1.82) is 0 Å². The maximum absolute atomic E-state index is 4.25. The maximum atomic E-state index is 4.25. The van der Waals surface area contributed by atoms with Gasteiger partial charge in [0.15, 0.2) is 5.82 Å². The standard InChI is InChI=1S/C16H26N4/c1-12-3-6-15(7-4-12)17-9-14-10-20(11-14)16-8-5-13(2)18-19-16/h5,8,12,14-15,17H,3-4,6-7,9-11H2,1-2H3. The van der Waals surface area contributed by atoms with Crippen molar-refractivity contribution in [2.45, 2.75) is 45.6 Å². The lowest BCUT2D eigenvalue weighted by molar-refractivity contribution is 0.282. The zero-order chi connectivity index (χ0) is 13.9. The smallest absolute Gasteiger partial charge is 0.151 e. The van der Waals surface area contributed by atoms with E-state index in [9.17, 15) is 0 Å². The van der Waals surface area contributed by atoms with Crippen molar-refractivity contribution < 1.29 is 0 Å². The summed E-state index contributed by atoms with van der Waals surface area (Å²) in [6.45, 7) is 7.75. The van der Waals surface area contributed by atoms with E-state index < -0.39 is 0 Å². The SMILES string of the molecule is Cc1ccc(N2CC(CNC3CCC(C)CC3)C2)nn1. The second kappa shape index (κ2) is 6.08. The van der Waals surface area contributed by atoms with E-state index in [0.717, 1.165) is 49.0 Å². The van der Waals surface area contributed by atoms with Gasteiger partial charge in [-0.05, 0) is 50.7 Å². The first kappa shape index (κ1) is 13.8. The van der Waals surface area contributed by atoms with Gasteiger partial charge in [0.25, 0.3) is 0 Å². The van der Waals surface area contributed by atoms with Crippen LogP contribution in [0.25, 0.3) is 0 Å². The molecular formula is C16H26N4. The maximum Gasteiger partial charge on any atom is 0.151 e. The molecule has 1 aliphatic carbocycles. The topological polar surface area (TPSA) is 41.0 Å². The molecular weight excluding hydrogens is 248 g/mol. The molecule has 3 rings (SSSR count). The molecule has 2 fully saturated rings. The number of hydrogen-bond acceptors (Lipinski definition) is 4. The zero-order valence-electron chi connectivity index (χ0n) is 12.7. The highest BCUT2D eigenvalue weighted by molar-refractivity contribution is 5.40. The van der Waals surface area contributed by atoms with E-state index >= 15 is 0 Å². The Bertz CT molecular complexity index is 417. The largest absolute Gasteiger partial charge is 0.354 e. The van der Waals surface area contributed by atoms with E-state index in [1.54, 1.807) is 0 Å². The molecule has 110 valence electrons. The molecule has 0 atom stereocenters. The summed E-state index contributed by atoms with van der Waals surface area (Å²) in [6.07, 6.45) is 5.52. The van der Waals surface area contributed by atoms with Gasteiger partial charge >= 0.3 is 0 Å². The third-order valence-electron chi connectivity index (χ3n) is 4.78. The third-order valence-corrected chi connectivity index (χ3v) is 4.78. The first-order valence-corrected chi connectivity index (χ1v) is 7.99. The molecule has 0 unspecified atom stereocenters. The molecule has 20 heavy (non-hydrogen) atoms. The Morgan fingerprint density at radius 1 is 1.15 bits per heavy atom. The lowest BCUT2D eigenvalue weighted by atomic mass is 9.87. The molecule has 0 bridgehead atoms. The molecule has 4 nitrogen and oxygen atoms in total. The summed E-state index contributed by atoms with van der Waals surface area (Å²) in [7, 11) is 0. The van der Waals surface area contributed by atoms with Gasteiger partial charge in [-0.15, -0.1) is 5.10 Å². The molecule has 0 spiro atoms. The summed E-state index contributed by atoms with van der Waals surface area (Å²) in [5.74, 6) is 2.74. The molecule has 1 N–H and O–H groups in total. The minimum Gasteiger partial charge on any atom is -0.354 e. The van der Waals surface area contributed by atoms with Crippen molar-refractivity contribution in [2.24, 2.45) is 11.8 Å². The van der Waals surface area contributed by atoms with Crippen LogP contribution in [0.4, 0.5) is 5.82 Å². The quantitative estimate of drug-likeness (QED) is 0.915. The Kier molecular flexibility index (Phi) is 4.20. The third kappa shape index (κ3) is 3.29. The van der Waals surface area contributed by atoms with Crippen LogP contribution in [0.5, 0.6) is 0 Å². The summed E-state index contributed by atoms with van der Waals surface area (Å²) in [4.78, 5) is 2.32. The van der Waals surface area contributed by atoms with Crippen molar-refractivity contribution in [3.05, 3.63) is 17.8 Å². The number of hydrogen-bond donors (Lipinski definition) is 1. The van der Waals surface area contributed by atoms with E-state index in [2.05, 4.69) is 33.4 Å². The summed E-state index contributed by atoms with van der Waals surface area (Å²) in [5, 5.41) is 12.1. The predicted octanol–water partition coefficient (Wildman–Crippen LogP) is 2.39. The number of nitrogens with one attached hydrogen (secondary N) is 1. The molecule has 1 aliphatic heterocycles. The van der Waals surface area contributed by atoms with Crippen LogP contribution in [0, 0.1) is 18.8 Å². The minimum atomic E-state index is 0.763. The Morgan fingerprint density at radius 3 is 2.55 bits per heavy atom. The Morgan fingerprint density at radius 2 is 1.90 bits per heavy atom. The second-order valence-electron chi connectivity index (χ2n) is 6.67. The molecule has 2 aliphatic rings. The van der Waals surface area contributed by atoms with Crippen LogP contribution in [0.15, 0.2) is 12.1 Å². The normalized spacial score (nSPS) is 27.4. The van der Waals surface area contributed by atoms with Crippen molar-refractivity contribution >= 4 is 5.82 Å². The summed E-state index contributed by atoms with van der Waals surface area (Å²) in [5.41, 5.74) is 0.985. The van der Waals surface area contributed by atoms with Crippen LogP contribution >= 0.6 is 0 Å². The van der Waals surface area contributed by atoms with E-state index in [1.807, 2.05) is 13.0 Å². The van der Waals surface area contributed by atoms with Crippen LogP contribution in [0.2, 0.25) is 0 Å². The molecule has 1 saturated carbocycles. The monoisotopic (exact) mass is 274 g/mol. The van der Waals surface area contributed by atoms with Crippen molar-refractivity contribution in [3.63, 3.8) is 0 Å². The number of anilines is 1. The van der Waals surface area contributed by atoms with Crippen LogP contribution < -0.4 is 10.2 Å². The van der Waals surface area contributed by atoms with Crippen molar-refractivity contribution in [1.82, 2.24) is 15.5 Å². The summed E-state index contributed by atoms with van der Waals surface area (Å²) in [6, 6.07) is 4.88. The second-order valence-corrected chi connectivity index (χ2v) is 6.67. The van der Waals surface area contributed by atoms with Crippen LogP contribution in [-0.4, -0.2) is 35.9 Å². The minimum absolute atomic E-state index is 0.763. The van der Waals surface area contributed by atoms with Crippen molar-refractivity contribution in [3.8, 4) is 0 Å².